The number of ether oxygens (including phenoxy) is 1. The number of nitrogens with one attached hydrogen (secondary N) is 2. The first-order valence-corrected chi connectivity index (χ1v) is 9.45. The maximum Gasteiger partial charge on any atom is 0.353 e. The molecule has 0 saturated carbocycles. The summed E-state index contributed by atoms with van der Waals surface area (Å²) in [6.45, 7) is 1.02. The molecule has 0 radical (unpaired) electrons. The highest BCUT2D eigenvalue weighted by Gasteiger charge is 2.22. The average Bonchev–Trinajstić information content (AvgIpc) is 2.73. The zero-order chi connectivity index (χ0) is 19.8. The van der Waals surface area contributed by atoms with Crippen molar-refractivity contribution < 1.29 is 9.66 Å². The Bertz CT molecular complexity index is 836. The smallest absolute Gasteiger partial charge is 0.353 e. The van der Waals surface area contributed by atoms with Gasteiger partial charge in [0.05, 0.1) is 12.0 Å². The third-order valence-electron chi connectivity index (χ3n) is 4.75. The molecular weight excluding hydrogens is 358 g/mol. The molecule has 3 rings (SSSR count). The second-order valence-electron chi connectivity index (χ2n) is 6.66. The quantitative estimate of drug-likeness (QED) is 0.378. The van der Waals surface area contributed by atoms with E-state index in [0.717, 1.165) is 30.6 Å². The summed E-state index contributed by atoms with van der Waals surface area (Å²) in [5.74, 6) is 1.21. The summed E-state index contributed by atoms with van der Waals surface area (Å²) >= 11 is 0. The molecule has 1 aliphatic rings. The number of nitro groups is 1. The van der Waals surface area contributed by atoms with E-state index in [-0.39, 0.29) is 17.3 Å². The lowest BCUT2D eigenvalue weighted by Gasteiger charge is -2.14. The number of benzene rings is 1. The van der Waals surface area contributed by atoms with Gasteiger partial charge in [0.25, 0.3) is 0 Å². The Balaban J connectivity index is 1.66. The Labute approximate surface area is 164 Å². The van der Waals surface area contributed by atoms with Crippen LogP contribution in [0.3, 0.4) is 0 Å². The van der Waals surface area contributed by atoms with E-state index in [1.165, 1.54) is 24.7 Å². The Hall–Kier alpha value is -3.16. The molecule has 28 heavy (non-hydrogen) atoms. The van der Waals surface area contributed by atoms with Crippen LogP contribution in [0, 0.1) is 10.1 Å². The second-order valence-corrected chi connectivity index (χ2v) is 6.66. The molecule has 0 amide bonds. The number of hydrogen-bond donors (Lipinski definition) is 2. The molecule has 148 valence electrons. The van der Waals surface area contributed by atoms with Crippen LogP contribution in [-0.4, -0.2) is 28.5 Å². The molecule has 0 spiro atoms. The van der Waals surface area contributed by atoms with Crippen LogP contribution in [-0.2, 0) is 6.54 Å². The van der Waals surface area contributed by atoms with Gasteiger partial charge in [-0.2, -0.15) is 0 Å². The van der Waals surface area contributed by atoms with Gasteiger partial charge in [0.1, 0.15) is 12.1 Å². The van der Waals surface area contributed by atoms with Crippen LogP contribution in [0.25, 0.3) is 0 Å². The summed E-state index contributed by atoms with van der Waals surface area (Å²) in [7, 11) is 1.61. The highest BCUT2D eigenvalue weighted by molar-refractivity contribution is 5.69. The maximum absolute atomic E-state index is 11.6. The molecule has 8 heteroatoms. The summed E-state index contributed by atoms with van der Waals surface area (Å²) < 4.78 is 5.14. The third-order valence-corrected chi connectivity index (χ3v) is 4.75. The topological polar surface area (TPSA) is 102 Å². The first-order chi connectivity index (χ1) is 13.7. The largest absolute Gasteiger partial charge is 0.497 e. The van der Waals surface area contributed by atoms with Crippen LogP contribution >= 0.6 is 0 Å². The van der Waals surface area contributed by atoms with E-state index in [0.29, 0.717) is 13.1 Å². The molecule has 1 aromatic heterocycles. The highest BCUT2D eigenvalue weighted by atomic mass is 16.6. The number of hydrogen-bond acceptors (Lipinski definition) is 7. The van der Waals surface area contributed by atoms with Gasteiger partial charge < -0.3 is 15.4 Å². The Morgan fingerprint density at radius 2 is 1.89 bits per heavy atom. The van der Waals surface area contributed by atoms with E-state index < -0.39 is 4.92 Å². The van der Waals surface area contributed by atoms with E-state index in [2.05, 4.69) is 26.7 Å². The van der Waals surface area contributed by atoms with Gasteiger partial charge in [-0.05, 0) is 49.8 Å². The molecule has 1 aromatic carbocycles. The fourth-order valence-corrected chi connectivity index (χ4v) is 3.21. The molecule has 0 aliphatic heterocycles. The molecule has 8 nitrogen and oxygen atoms in total. The lowest BCUT2D eigenvalue weighted by atomic mass is 9.97. The minimum Gasteiger partial charge on any atom is -0.497 e. The average molecular weight is 383 g/mol. The van der Waals surface area contributed by atoms with Gasteiger partial charge in [-0.3, -0.25) is 10.1 Å². The number of methoxy groups -OCH3 is 1. The zero-order valence-electron chi connectivity index (χ0n) is 16.0. The van der Waals surface area contributed by atoms with Crippen molar-refractivity contribution in [3.8, 4) is 5.75 Å². The number of anilines is 2. The van der Waals surface area contributed by atoms with Gasteiger partial charge in [-0.1, -0.05) is 23.8 Å². The second kappa shape index (κ2) is 9.68. The molecule has 0 unspecified atom stereocenters. The molecule has 2 N–H and O–H groups in total. The van der Waals surface area contributed by atoms with Crippen LogP contribution in [0.1, 0.15) is 37.7 Å². The molecule has 1 aliphatic carbocycles. The van der Waals surface area contributed by atoms with Crippen molar-refractivity contribution in [1.29, 1.82) is 0 Å². The van der Waals surface area contributed by atoms with E-state index in [4.69, 9.17) is 4.74 Å². The Morgan fingerprint density at radius 1 is 1.14 bits per heavy atom. The fraction of sp³-hybridized carbons (Fsp3) is 0.400. The number of nitrogens with zero attached hydrogens (tertiary/aromatic N) is 3. The minimum atomic E-state index is -0.446. The van der Waals surface area contributed by atoms with Crippen LogP contribution < -0.4 is 15.4 Å². The van der Waals surface area contributed by atoms with Crippen molar-refractivity contribution in [3.05, 3.63) is 57.9 Å². The van der Waals surface area contributed by atoms with Gasteiger partial charge in [0.15, 0.2) is 0 Å². The lowest BCUT2D eigenvalue weighted by Crippen LogP contribution is -2.11. The predicted molar refractivity (Wildman–Crippen MR) is 109 cm³/mol. The molecule has 0 fully saturated rings. The summed E-state index contributed by atoms with van der Waals surface area (Å²) in [6.07, 6.45) is 9.20. The molecular formula is C20H25N5O3. The van der Waals surface area contributed by atoms with Crippen molar-refractivity contribution in [3.63, 3.8) is 0 Å². The van der Waals surface area contributed by atoms with E-state index in [9.17, 15) is 10.1 Å². The molecule has 0 saturated heterocycles. The lowest BCUT2D eigenvalue weighted by molar-refractivity contribution is -0.383. The summed E-state index contributed by atoms with van der Waals surface area (Å²) in [5, 5.41) is 17.8. The summed E-state index contributed by atoms with van der Waals surface area (Å²) in [4.78, 5) is 19.3. The number of rotatable bonds is 9. The molecule has 0 atom stereocenters. The third kappa shape index (κ3) is 5.18. The summed E-state index contributed by atoms with van der Waals surface area (Å²) in [5.41, 5.74) is 2.24. The Kier molecular flexibility index (Phi) is 6.78. The monoisotopic (exact) mass is 383 g/mol. The van der Waals surface area contributed by atoms with Crippen molar-refractivity contribution in [1.82, 2.24) is 9.97 Å². The number of aromatic nitrogens is 2. The van der Waals surface area contributed by atoms with Crippen molar-refractivity contribution in [2.45, 2.75) is 38.6 Å². The van der Waals surface area contributed by atoms with Crippen molar-refractivity contribution in [2.75, 3.05) is 24.3 Å². The standard InChI is InChI=1S/C20H25N5O3/c1-28-17-9-7-16(8-10-17)13-22-20-18(25(26)27)19(23-14-24-20)21-12-11-15-5-3-2-4-6-15/h5,7-10,14H,2-4,6,11-13H2,1H3,(H2,21,22,23,24). The molecule has 1 heterocycles. The predicted octanol–water partition coefficient (Wildman–Crippen LogP) is 4.31. The SMILES string of the molecule is COc1ccc(CNc2ncnc(NCCC3=CCCCC3)c2[N+](=O)[O-])cc1. The first-order valence-electron chi connectivity index (χ1n) is 9.45. The summed E-state index contributed by atoms with van der Waals surface area (Å²) in [6, 6.07) is 7.49. The maximum atomic E-state index is 11.6. The van der Waals surface area contributed by atoms with Gasteiger partial charge in [-0.25, -0.2) is 9.97 Å². The molecule has 2 aromatic rings. The van der Waals surface area contributed by atoms with Crippen LogP contribution in [0.4, 0.5) is 17.3 Å². The number of allylic oxidation sites excluding steroid dienone is 1. The van der Waals surface area contributed by atoms with Gasteiger partial charge in [0, 0.05) is 13.1 Å². The van der Waals surface area contributed by atoms with E-state index >= 15 is 0 Å². The zero-order valence-corrected chi connectivity index (χ0v) is 16.0. The molecule has 0 bridgehead atoms. The normalized spacial score (nSPS) is 13.5. The van der Waals surface area contributed by atoms with Crippen LogP contribution in [0.2, 0.25) is 0 Å². The van der Waals surface area contributed by atoms with Gasteiger partial charge in [-0.15, -0.1) is 0 Å². The van der Waals surface area contributed by atoms with Crippen molar-refractivity contribution in [2.24, 2.45) is 0 Å². The van der Waals surface area contributed by atoms with E-state index in [1.807, 2.05) is 24.3 Å². The van der Waals surface area contributed by atoms with E-state index in [1.54, 1.807) is 7.11 Å². The highest BCUT2D eigenvalue weighted by Crippen LogP contribution is 2.29. The first kappa shape index (κ1) is 19.6. The van der Waals surface area contributed by atoms with Gasteiger partial charge in [0.2, 0.25) is 11.6 Å². The fourth-order valence-electron chi connectivity index (χ4n) is 3.21. The van der Waals surface area contributed by atoms with Crippen molar-refractivity contribution >= 4 is 17.3 Å². The van der Waals surface area contributed by atoms with Crippen LogP contribution in [0.15, 0.2) is 42.2 Å². The van der Waals surface area contributed by atoms with Crippen LogP contribution in [0.5, 0.6) is 5.75 Å². The Morgan fingerprint density at radius 3 is 2.54 bits per heavy atom. The van der Waals surface area contributed by atoms with Gasteiger partial charge >= 0.3 is 5.69 Å². The minimum absolute atomic E-state index is 0.131.